The molecule has 0 amide bonds. The third-order valence-electron chi connectivity index (χ3n) is 3.50. The molecule has 0 aliphatic rings. The summed E-state index contributed by atoms with van der Waals surface area (Å²) >= 11 is 12.5. The van der Waals surface area contributed by atoms with E-state index in [1.807, 2.05) is 30.3 Å². The lowest BCUT2D eigenvalue weighted by Crippen LogP contribution is -2.02. The van der Waals surface area contributed by atoms with Gasteiger partial charge < -0.3 is 9.63 Å². The van der Waals surface area contributed by atoms with Gasteiger partial charge >= 0.3 is 0 Å². The van der Waals surface area contributed by atoms with Gasteiger partial charge in [0.1, 0.15) is 17.6 Å². The quantitative estimate of drug-likeness (QED) is 0.730. The average Bonchev–Trinajstić information content (AvgIpc) is 2.89. The van der Waals surface area contributed by atoms with Gasteiger partial charge in [-0.1, -0.05) is 64.8 Å². The van der Waals surface area contributed by atoms with Crippen molar-refractivity contribution in [2.24, 2.45) is 0 Å². The van der Waals surface area contributed by atoms with Gasteiger partial charge in [-0.05, 0) is 24.6 Å². The summed E-state index contributed by atoms with van der Waals surface area (Å²) in [4.78, 5) is 0. The van der Waals surface area contributed by atoms with Gasteiger partial charge in [0.2, 0.25) is 0 Å². The summed E-state index contributed by atoms with van der Waals surface area (Å²) in [5.41, 5.74) is 2.34. The molecule has 3 nitrogen and oxygen atoms in total. The summed E-state index contributed by atoms with van der Waals surface area (Å²) in [5, 5.41) is 15.7. The lowest BCUT2D eigenvalue weighted by atomic mass is 9.97. The molecule has 0 bridgehead atoms. The Morgan fingerprint density at radius 1 is 1.00 bits per heavy atom. The molecule has 1 heterocycles. The Labute approximate surface area is 138 Å². The van der Waals surface area contributed by atoms with E-state index in [1.54, 1.807) is 25.1 Å². The van der Waals surface area contributed by atoms with Gasteiger partial charge in [-0.15, -0.1) is 0 Å². The molecule has 3 aromatic rings. The maximum absolute atomic E-state index is 10.7. The van der Waals surface area contributed by atoms with Gasteiger partial charge in [0, 0.05) is 5.56 Å². The first-order valence-electron chi connectivity index (χ1n) is 6.73. The summed E-state index contributed by atoms with van der Waals surface area (Å²) in [5.74, 6) is 0.530. The molecule has 0 spiro atoms. The van der Waals surface area contributed by atoms with Crippen LogP contribution < -0.4 is 0 Å². The van der Waals surface area contributed by atoms with Crippen molar-refractivity contribution >= 4 is 23.2 Å². The van der Waals surface area contributed by atoms with Crippen molar-refractivity contribution in [3.63, 3.8) is 0 Å². The average molecular weight is 334 g/mol. The molecule has 3 rings (SSSR count). The lowest BCUT2D eigenvalue weighted by Gasteiger charge is -2.13. The van der Waals surface area contributed by atoms with E-state index in [2.05, 4.69) is 5.16 Å². The number of hydrogen-bond donors (Lipinski definition) is 1. The molecule has 0 saturated carbocycles. The summed E-state index contributed by atoms with van der Waals surface area (Å²) in [7, 11) is 0. The van der Waals surface area contributed by atoms with Crippen LogP contribution >= 0.6 is 23.2 Å². The fourth-order valence-corrected chi connectivity index (χ4v) is 2.98. The van der Waals surface area contributed by atoms with E-state index < -0.39 is 6.10 Å². The summed E-state index contributed by atoms with van der Waals surface area (Å²) < 4.78 is 5.28. The zero-order chi connectivity index (χ0) is 15.7. The number of aliphatic hydroxyl groups is 1. The highest BCUT2D eigenvalue weighted by Gasteiger charge is 2.25. The predicted octanol–water partition coefficient (Wildman–Crippen LogP) is 5.04. The van der Waals surface area contributed by atoms with Crippen LogP contribution in [0.1, 0.15) is 23.0 Å². The molecule has 0 aliphatic carbocycles. The second kappa shape index (κ2) is 6.13. The van der Waals surface area contributed by atoms with Gasteiger partial charge in [-0.25, -0.2) is 0 Å². The number of aryl methyl sites for hydroxylation is 1. The number of aliphatic hydroxyl groups excluding tert-OH is 1. The third kappa shape index (κ3) is 2.63. The maximum atomic E-state index is 10.7. The zero-order valence-corrected chi connectivity index (χ0v) is 13.3. The summed E-state index contributed by atoms with van der Waals surface area (Å²) in [6.07, 6.45) is -0.866. The molecule has 0 radical (unpaired) electrons. The van der Waals surface area contributed by atoms with Crippen LogP contribution in [0.25, 0.3) is 11.3 Å². The van der Waals surface area contributed by atoms with Crippen molar-refractivity contribution in [3.8, 4) is 11.3 Å². The Balaban J connectivity index is 2.17. The molecule has 5 heteroatoms. The standard InChI is InChI=1S/C17H13Cl2NO2/c1-10-14(17(21)11-6-3-2-4-7-11)16(20-22-10)15-12(18)8-5-9-13(15)19/h2-9,17,21H,1H3/t17-/m1/s1. The van der Waals surface area contributed by atoms with Crippen LogP contribution in [0, 0.1) is 6.92 Å². The number of benzene rings is 2. The van der Waals surface area contributed by atoms with Crippen molar-refractivity contribution in [2.75, 3.05) is 0 Å². The smallest absolute Gasteiger partial charge is 0.140 e. The van der Waals surface area contributed by atoms with Crippen molar-refractivity contribution in [1.82, 2.24) is 5.16 Å². The van der Waals surface area contributed by atoms with Crippen LogP contribution in [0.5, 0.6) is 0 Å². The molecule has 0 unspecified atom stereocenters. The molecule has 22 heavy (non-hydrogen) atoms. The molecule has 0 saturated heterocycles. The van der Waals surface area contributed by atoms with Crippen LogP contribution in [0.3, 0.4) is 0 Å². The molecule has 0 aliphatic heterocycles. The largest absolute Gasteiger partial charge is 0.383 e. The Morgan fingerprint density at radius 2 is 1.64 bits per heavy atom. The van der Waals surface area contributed by atoms with Crippen molar-refractivity contribution in [3.05, 3.63) is 75.5 Å². The molecule has 0 fully saturated rings. The number of nitrogens with zero attached hydrogens (tertiary/aromatic N) is 1. The minimum absolute atomic E-state index is 0.460. The highest BCUT2D eigenvalue weighted by molar-refractivity contribution is 6.39. The monoisotopic (exact) mass is 333 g/mol. The maximum Gasteiger partial charge on any atom is 0.140 e. The second-order valence-electron chi connectivity index (χ2n) is 4.91. The summed E-state index contributed by atoms with van der Waals surface area (Å²) in [6.45, 7) is 1.75. The number of halogens is 2. The van der Waals surface area contributed by atoms with Gasteiger partial charge in [-0.2, -0.15) is 0 Å². The van der Waals surface area contributed by atoms with Gasteiger partial charge in [-0.3, -0.25) is 0 Å². The van der Waals surface area contributed by atoms with E-state index in [1.165, 1.54) is 0 Å². The van der Waals surface area contributed by atoms with Crippen molar-refractivity contribution in [1.29, 1.82) is 0 Å². The Kier molecular flexibility index (Phi) is 4.21. The molecule has 2 aromatic carbocycles. The van der Waals surface area contributed by atoms with E-state index in [9.17, 15) is 5.11 Å². The molecular weight excluding hydrogens is 321 g/mol. The van der Waals surface area contributed by atoms with E-state index in [0.717, 1.165) is 5.56 Å². The first-order valence-corrected chi connectivity index (χ1v) is 7.48. The van der Waals surface area contributed by atoms with Gasteiger partial charge in [0.25, 0.3) is 0 Å². The van der Waals surface area contributed by atoms with Crippen LogP contribution in [0.2, 0.25) is 10.0 Å². The first-order chi connectivity index (χ1) is 10.6. The molecule has 112 valence electrons. The minimum atomic E-state index is -0.866. The third-order valence-corrected chi connectivity index (χ3v) is 4.13. The zero-order valence-electron chi connectivity index (χ0n) is 11.8. The first kappa shape index (κ1) is 15.1. The van der Waals surface area contributed by atoms with Crippen LogP contribution in [-0.2, 0) is 0 Å². The van der Waals surface area contributed by atoms with Crippen LogP contribution in [-0.4, -0.2) is 10.3 Å². The summed E-state index contributed by atoms with van der Waals surface area (Å²) in [6, 6.07) is 14.5. The number of rotatable bonds is 3. The van der Waals surface area contributed by atoms with E-state index in [0.29, 0.717) is 32.6 Å². The van der Waals surface area contributed by atoms with E-state index in [-0.39, 0.29) is 0 Å². The molecule has 1 aromatic heterocycles. The van der Waals surface area contributed by atoms with Gasteiger partial charge in [0.15, 0.2) is 0 Å². The SMILES string of the molecule is Cc1onc(-c2c(Cl)cccc2Cl)c1[C@H](O)c1ccccc1. The second-order valence-corrected chi connectivity index (χ2v) is 5.73. The topological polar surface area (TPSA) is 46.3 Å². The van der Waals surface area contributed by atoms with Crippen molar-refractivity contribution in [2.45, 2.75) is 13.0 Å². The fraction of sp³-hybridized carbons (Fsp3) is 0.118. The normalized spacial score (nSPS) is 12.4. The van der Waals surface area contributed by atoms with Crippen LogP contribution in [0.15, 0.2) is 53.1 Å². The predicted molar refractivity (Wildman–Crippen MR) is 87.2 cm³/mol. The number of hydrogen-bond acceptors (Lipinski definition) is 3. The Hall–Kier alpha value is -1.81. The molecular formula is C17H13Cl2NO2. The van der Waals surface area contributed by atoms with E-state index >= 15 is 0 Å². The fourth-order valence-electron chi connectivity index (χ4n) is 2.41. The Bertz CT molecular complexity index is 779. The Morgan fingerprint density at radius 3 is 2.27 bits per heavy atom. The molecule has 1 atom stereocenters. The highest BCUT2D eigenvalue weighted by Crippen LogP contribution is 2.40. The van der Waals surface area contributed by atoms with Crippen LogP contribution in [0.4, 0.5) is 0 Å². The van der Waals surface area contributed by atoms with Gasteiger partial charge in [0.05, 0.1) is 15.6 Å². The lowest BCUT2D eigenvalue weighted by molar-refractivity contribution is 0.218. The minimum Gasteiger partial charge on any atom is -0.383 e. The highest BCUT2D eigenvalue weighted by atomic mass is 35.5. The van der Waals surface area contributed by atoms with E-state index in [4.69, 9.17) is 27.7 Å². The number of aromatic nitrogens is 1. The van der Waals surface area contributed by atoms with Crippen molar-refractivity contribution < 1.29 is 9.63 Å². The molecule has 1 N–H and O–H groups in total.